The minimum atomic E-state index is -0.209. The number of halogens is 1. The lowest BCUT2D eigenvalue weighted by Crippen LogP contribution is -2.39. The summed E-state index contributed by atoms with van der Waals surface area (Å²) in [7, 11) is 0. The fourth-order valence-corrected chi connectivity index (χ4v) is 2.93. The summed E-state index contributed by atoms with van der Waals surface area (Å²) < 4.78 is 1.83. The average Bonchev–Trinajstić information content (AvgIpc) is 2.90. The summed E-state index contributed by atoms with van der Waals surface area (Å²) >= 11 is 5.85. The summed E-state index contributed by atoms with van der Waals surface area (Å²) in [6.07, 6.45) is 3.15. The van der Waals surface area contributed by atoms with Crippen molar-refractivity contribution in [1.29, 1.82) is 0 Å². The monoisotopic (exact) mass is 334 g/mol. The third-order valence-electron chi connectivity index (χ3n) is 4.26. The molecule has 2 aromatic heterocycles. The van der Waals surface area contributed by atoms with Gasteiger partial charge in [-0.1, -0.05) is 16.8 Å². The first-order valence-electron chi connectivity index (χ1n) is 7.59. The number of anilines is 1. The van der Waals surface area contributed by atoms with Crippen LogP contribution >= 0.6 is 11.6 Å². The van der Waals surface area contributed by atoms with Gasteiger partial charge in [-0.15, -0.1) is 5.10 Å². The number of hydrogen-bond donors (Lipinski definition) is 1. The Balaban J connectivity index is 1.70. The molecule has 0 unspecified atom stereocenters. The quantitative estimate of drug-likeness (QED) is 0.912. The maximum Gasteiger partial charge on any atom is 0.220 e. The number of aromatic nitrogens is 4. The standard InChI is InChI=1S/C15H19ClN6O/c1-10-15(21-6-4-11(5-7-21)14(17)23)19-20-22(10)9-13-3-2-12(16)8-18-13/h2-3,8,11H,4-7,9H2,1H3,(H2,17,23). The molecule has 3 rings (SSSR count). The molecule has 1 aliphatic heterocycles. The van der Waals surface area contributed by atoms with E-state index in [-0.39, 0.29) is 11.8 Å². The minimum Gasteiger partial charge on any atom is -0.369 e. The maximum absolute atomic E-state index is 11.3. The average molecular weight is 335 g/mol. The number of piperidine rings is 1. The molecule has 3 heterocycles. The molecule has 7 nitrogen and oxygen atoms in total. The van der Waals surface area contributed by atoms with Gasteiger partial charge in [-0.25, -0.2) is 4.68 Å². The molecule has 0 aromatic carbocycles. The Morgan fingerprint density at radius 3 is 2.74 bits per heavy atom. The fourth-order valence-electron chi connectivity index (χ4n) is 2.82. The van der Waals surface area contributed by atoms with Crippen molar-refractivity contribution in [3.63, 3.8) is 0 Å². The molecule has 0 radical (unpaired) electrons. The van der Waals surface area contributed by atoms with Gasteiger partial charge in [0.2, 0.25) is 5.91 Å². The summed E-state index contributed by atoms with van der Waals surface area (Å²) in [5, 5.41) is 9.13. The molecule has 23 heavy (non-hydrogen) atoms. The molecule has 0 bridgehead atoms. The first kappa shape index (κ1) is 15.7. The number of carbonyl (C=O) groups is 1. The Labute approximate surface area is 139 Å². The molecular formula is C15H19ClN6O. The van der Waals surface area contributed by atoms with Crippen LogP contribution < -0.4 is 10.6 Å². The number of nitrogens with two attached hydrogens (primary N) is 1. The van der Waals surface area contributed by atoms with Gasteiger partial charge < -0.3 is 10.6 Å². The van der Waals surface area contributed by atoms with Crippen LogP contribution in [0.2, 0.25) is 5.02 Å². The molecule has 1 saturated heterocycles. The van der Waals surface area contributed by atoms with Crippen molar-refractivity contribution in [2.45, 2.75) is 26.3 Å². The molecular weight excluding hydrogens is 316 g/mol. The van der Waals surface area contributed by atoms with E-state index in [0.29, 0.717) is 11.6 Å². The molecule has 2 N–H and O–H groups in total. The second-order valence-electron chi connectivity index (χ2n) is 5.79. The van der Waals surface area contributed by atoms with E-state index in [1.54, 1.807) is 6.20 Å². The van der Waals surface area contributed by atoms with Crippen molar-refractivity contribution in [3.05, 3.63) is 34.7 Å². The van der Waals surface area contributed by atoms with E-state index in [1.807, 2.05) is 23.7 Å². The van der Waals surface area contributed by atoms with Crippen LogP contribution in [0, 0.1) is 12.8 Å². The lowest BCUT2D eigenvalue weighted by Gasteiger charge is -2.30. The third-order valence-corrected chi connectivity index (χ3v) is 4.48. The van der Waals surface area contributed by atoms with E-state index in [1.165, 1.54) is 0 Å². The third kappa shape index (κ3) is 3.44. The van der Waals surface area contributed by atoms with Crippen molar-refractivity contribution in [2.24, 2.45) is 11.7 Å². The van der Waals surface area contributed by atoms with Gasteiger partial charge in [0.05, 0.1) is 23.0 Å². The van der Waals surface area contributed by atoms with E-state index in [4.69, 9.17) is 17.3 Å². The van der Waals surface area contributed by atoms with Crippen LogP contribution in [0.25, 0.3) is 0 Å². The van der Waals surface area contributed by atoms with Gasteiger partial charge in [-0.2, -0.15) is 0 Å². The highest BCUT2D eigenvalue weighted by atomic mass is 35.5. The van der Waals surface area contributed by atoms with Crippen molar-refractivity contribution in [3.8, 4) is 0 Å². The molecule has 0 spiro atoms. The van der Waals surface area contributed by atoms with E-state index < -0.39 is 0 Å². The SMILES string of the molecule is Cc1c(N2CCC(C(N)=O)CC2)nnn1Cc1ccc(Cl)cn1. The zero-order valence-electron chi connectivity index (χ0n) is 12.9. The van der Waals surface area contributed by atoms with Crippen molar-refractivity contribution in [2.75, 3.05) is 18.0 Å². The van der Waals surface area contributed by atoms with Crippen molar-refractivity contribution < 1.29 is 4.79 Å². The Kier molecular flexibility index (Phi) is 4.47. The van der Waals surface area contributed by atoms with Gasteiger partial charge in [-0.05, 0) is 31.9 Å². The van der Waals surface area contributed by atoms with E-state index in [0.717, 1.165) is 43.1 Å². The molecule has 0 saturated carbocycles. The van der Waals surface area contributed by atoms with Gasteiger partial charge in [0.15, 0.2) is 5.82 Å². The molecule has 2 aromatic rings. The summed E-state index contributed by atoms with van der Waals surface area (Å²) in [6, 6.07) is 3.69. The Bertz CT molecular complexity index is 690. The number of primary amides is 1. The molecule has 0 atom stereocenters. The number of amides is 1. The Morgan fingerprint density at radius 2 is 2.13 bits per heavy atom. The molecule has 1 aliphatic rings. The van der Waals surface area contributed by atoms with Crippen LogP contribution in [0.4, 0.5) is 5.82 Å². The zero-order valence-corrected chi connectivity index (χ0v) is 13.7. The predicted molar refractivity (Wildman–Crippen MR) is 87.2 cm³/mol. The number of hydrogen-bond acceptors (Lipinski definition) is 5. The molecule has 1 fully saturated rings. The second-order valence-corrected chi connectivity index (χ2v) is 6.22. The highest BCUT2D eigenvalue weighted by Crippen LogP contribution is 2.24. The first-order chi connectivity index (χ1) is 11.0. The lowest BCUT2D eigenvalue weighted by molar-refractivity contribution is -0.122. The molecule has 8 heteroatoms. The molecule has 122 valence electrons. The molecule has 1 amide bonds. The number of nitrogens with zero attached hydrogens (tertiary/aromatic N) is 5. The summed E-state index contributed by atoms with van der Waals surface area (Å²) in [5.74, 6) is 0.626. The Hall–Kier alpha value is -2.15. The highest BCUT2D eigenvalue weighted by Gasteiger charge is 2.26. The first-order valence-corrected chi connectivity index (χ1v) is 7.97. The second kappa shape index (κ2) is 6.54. The van der Waals surface area contributed by atoms with Gasteiger partial charge in [0.25, 0.3) is 0 Å². The van der Waals surface area contributed by atoms with Gasteiger partial charge in [0.1, 0.15) is 0 Å². The summed E-state index contributed by atoms with van der Waals surface area (Å²) in [6.45, 7) is 4.08. The Morgan fingerprint density at radius 1 is 1.39 bits per heavy atom. The van der Waals surface area contributed by atoms with Crippen LogP contribution in [-0.2, 0) is 11.3 Å². The van der Waals surface area contributed by atoms with Crippen LogP contribution in [0.3, 0.4) is 0 Å². The number of carbonyl (C=O) groups excluding carboxylic acids is 1. The smallest absolute Gasteiger partial charge is 0.220 e. The highest BCUT2D eigenvalue weighted by molar-refractivity contribution is 6.30. The van der Waals surface area contributed by atoms with E-state index in [2.05, 4.69) is 20.2 Å². The maximum atomic E-state index is 11.3. The van der Waals surface area contributed by atoms with Gasteiger partial charge in [-0.3, -0.25) is 9.78 Å². The predicted octanol–water partition coefficient (Wildman–Crippen LogP) is 1.38. The lowest BCUT2D eigenvalue weighted by atomic mass is 9.96. The largest absolute Gasteiger partial charge is 0.369 e. The zero-order chi connectivity index (χ0) is 16.4. The summed E-state index contributed by atoms with van der Waals surface area (Å²) in [4.78, 5) is 17.7. The van der Waals surface area contributed by atoms with E-state index >= 15 is 0 Å². The van der Waals surface area contributed by atoms with Crippen LogP contribution in [0.15, 0.2) is 18.3 Å². The van der Waals surface area contributed by atoms with Crippen LogP contribution in [0.1, 0.15) is 24.2 Å². The van der Waals surface area contributed by atoms with Gasteiger partial charge in [0, 0.05) is 25.2 Å². The van der Waals surface area contributed by atoms with Crippen LogP contribution in [-0.4, -0.2) is 39.0 Å². The number of pyridine rings is 1. The summed E-state index contributed by atoms with van der Waals surface area (Å²) in [5.41, 5.74) is 7.24. The van der Waals surface area contributed by atoms with Crippen LogP contribution in [0.5, 0.6) is 0 Å². The van der Waals surface area contributed by atoms with Gasteiger partial charge >= 0.3 is 0 Å². The normalized spacial score (nSPS) is 15.8. The molecule has 0 aliphatic carbocycles. The van der Waals surface area contributed by atoms with Crippen molar-refractivity contribution in [1.82, 2.24) is 20.0 Å². The minimum absolute atomic E-state index is 0.0279. The van der Waals surface area contributed by atoms with Crippen molar-refractivity contribution >= 4 is 23.3 Å². The fraction of sp³-hybridized carbons (Fsp3) is 0.467. The topological polar surface area (TPSA) is 89.9 Å². The number of rotatable bonds is 4. The van der Waals surface area contributed by atoms with E-state index in [9.17, 15) is 4.79 Å².